The maximum Gasteiger partial charge on any atom is 0.0899 e. The van der Waals surface area contributed by atoms with Gasteiger partial charge in [-0.05, 0) is 6.92 Å². The van der Waals surface area contributed by atoms with Crippen LogP contribution in [0.25, 0.3) is 0 Å². The zero-order valence-electron chi connectivity index (χ0n) is 5.35. The van der Waals surface area contributed by atoms with Crippen molar-refractivity contribution >= 4 is 0 Å². The summed E-state index contributed by atoms with van der Waals surface area (Å²) in [7, 11) is 0. The highest BCUT2D eigenvalue weighted by molar-refractivity contribution is 4.83. The van der Waals surface area contributed by atoms with E-state index in [0.717, 1.165) is 0 Å². The number of hydrogen-bond donors (Lipinski definition) is 1. The fourth-order valence-corrected chi connectivity index (χ4v) is 0.764. The zero-order chi connectivity index (χ0) is 6.20. The molecule has 2 heteroatoms. The van der Waals surface area contributed by atoms with E-state index in [-0.39, 0.29) is 0 Å². The van der Waals surface area contributed by atoms with Crippen molar-refractivity contribution in [2.75, 3.05) is 13.2 Å². The van der Waals surface area contributed by atoms with Crippen LogP contribution in [-0.2, 0) is 4.74 Å². The van der Waals surface area contributed by atoms with Crippen LogP contribution >= 0.6 is 0 Å². The van der Waals surface area contributed by atoms with Crippen molar-refractivity contribution in [2.24, 2.45) is 5.92 Å². The fraction of sp³-hybridized carbons (Fsp3) is 1.00. The van der Waals surface area contributed by atoms with Crippen molar-refractivity contribution in [1.82, 2.24) is 0 Å². The molecule has 2 atom stereocenters. The molecule has 1 N–H and O–H groups in total. The molecule has 0 spiro atoms. The van der Waals surface area contributed by atoms with E-state index in [0.29, 0.717) is 19.1 Å². The molecule has 1 aliphatic rings. The average Bonchev–Trinajstić information content (AvgIpc) is 1.86. The molecule has 0 aliphatic carbocycles. The van der Waals surface area contributed by atoms with Gasteiger partial charge in [-0.1, -0.05) is 6.92 Å². The first-order valence-corrected chi connectivity index (χ1v) is 2.93. The van der Waals surface area contributed by atoms with Crippen LogP contribution in [0.15, 0.2) is 0 Å². The molecule has 1 aliphatic heterocycles. The van der Waals surface area contributed by atoms with Crippen LogP contribution in [0.2, 0.25) is 0 Å². The third-order valence-corrected chi connectivity index (χ3v) is 1.82. The van der Waals surface area contributed by atoms with Gasteiger partial charge in [0.15, 0.2) is 0 Å². The summed E-state index contributed by atoms with van der Waals surface area (Å²) in [5.41, 5.74) is -0.569. The molecule has 0 amide bonds. The van der Waals surface area contributed by atoms with Gasteiger partial charge in [0.1, 0.15) is 0 Å². The lowest BCUT2D eigenvalue weighted by atomic mass is 9.95. The van der Waals surface area contributed by atoms with Crippen molar-refractivity contribution in [3.05, 3.63) is 0 Å². The lowest BCUT2D eigenvalue weighted by Gasteiger charge is -2.18. The highest BCUT2D eigenvalue weighted by atomic mass is 16.5. The Hall–Kier alpha value is -0.0800. The smallest absolute Gasteiger partial charge is 0.0899 e. The molecule has 0 bridgehead atoms. The minimum Gasteiger partial charge on any atom is -0.387 e. The zero-order valence-corrected chi connectivity index (χ0v) is 5.35. The van der Waals surface area contributed by atoms with E-state index in [2.05, 4.69) is 0 Å². The molecule has 8 heavy (non-hydrogen) atoms. The summed E-state index contributed by atoms with van der Waals surface area (Å²) >= 11 is 0. The second-order valence-corrected chi connectivity index (χ2v) is 2.77. The SMILES string of the molecule is C[C@@H]1COC[C@]1(C)O. The number of hydrogen-bond acceptors (Lipinski definition) is 2. The van der Waals surface area contributed by atoms with Crippen molar-refractivity contribution < 1.29 is 9.84 Å². The van der Waals surface area contributed by atoms with Gasteiger partial charge in [0.05, 0.1) is 18.8 Å². The summed E-state index contributed by atoms with van der Waals surface area (Å²) in [6, 6.07) is 0. The van der Waals surface area contributed by atoms with Gasteiger partial charge < -0.3 is 9.84 Å². The maximum atomic E-state index is 9.34. The molecular formula is C6H12O2. The molecule has 0 saturated carbocycles. The standard InChI is InChI=1S/C6H12O2/c1-5-3-8-4-6(5,2)7/h5,7H,3-4H2,1-2H3/t5-,6+/m1/s1. The Morgan fingerprint density at radius 1 is 1.75 bits per heavy atom. The van der Waals surface area contributed by atoms with Gasteiger partial charge in [-0.3, -0.25) is 0 Å². The Morgan fingerprint density at radius 3 is 2.50 bits per heavy atom. The molecule has 2 nitrogen and oxygen atoms in total. The first-order valence-electron chi connectivity index (χ1n) is 2.93. The van der Waals surface area contributed by atoms with Crippen LogP contribution in [-0.4, -0.2) is 23.9 Å². The van der Waals surface area contributed by atoms with Crippen molar-refractivity contribution in [2.45, 2.75) is 19.4 Å². The highest BCUT2D eigenvalue weighted by Crippen LogP contribution is 2.23. The Kier molecular flexibility index (Phi) is 1.29. The monoisotopic (exact) mass is 116 g/mol. The first kappa shape index (κ1) is 6.05. The van der Waals surface area contributed by atoms with Gasteiger partial charge in [-0.25, -0.2) is 0 Å². The van der Waals surface area contributed by atoms with Crippen molar-refractivity contribution in [3.8, 4) is 0 Å². The molecule has 48 valence electrons. The van der Waals surface area contributed by atoms with Crippen molar-refractivity contribution in [3.63, 3.8) is 0 Å². The van der Waals surface area contributed by atoms with E-state index in [4.69, 9.17) is 4.74 Å². The highest BCUT2D eigenvalue weighted by Gasteiger charge is 2.34. The molecule has 0 aromatic carbocycles. The summed E-state index contributed by atoms with van der Waals surface area (Å²) in [6.45, 7) is 5.00. The maximum absolute atomic E-state index is 9.34. The van der Waals surface area contributed by atoms with Crippen molar-refractivity contribution in [1.29, 1.82) is 0 Å². The summed E-state index contributed by atoms with van der Waals surface area (Å²) in [6.07, 6.45) is 0. The largest absolute Gasteiger partial charge is 0.387 e. The van der Waals surface area contributed by atoms with E-state index in [9.17, 15) is 5.11 Å². The molecule has 1 heterocycles. The quantitative estimate of drug-likeness (QED) is 0.496. The van der Waals surface area contributed by atoms with E-state index in [1.54, 1.807) is 0 Å². The molecule has 1 rings (SSSR count). The van der Waals surface area contributed by atoms with E-state index >= 15 is 0 Å². The van der Waals surface area contributed by atoms with Gasteiger partial charge in [0, 0.05) is 5.92 Å². The number of ether oxygens (including phenoxy) is 1. The summed E-state index contributed by atoms with van der Waals surface area (Å²) < 4.78 is 5.02. The molecule has 0 aromatic rings. The molecule has 1 saturated heterocycles. The second kappa shape index (κ2) is 1.71. The van der Waals surface area contributed by atoms with E-state index < -0.39 is 5.60 Å². The van der Waals surface area contributed by atoms with Gasteiger partial charge in [-0.15, -0.1) is 0 Å². The second-order valence-electron chi connectivity index (χ2n) is 2.77. The molecule has 1 fully saturated rings. The van der Waals surface area contributed by atoms with Crippen LogP contribution in [0.5, 0.6) is 0 Å². The Balaban J connectivity index is 2.54. The van der Waals surface area contributed by atoms with E-state index in [1.807, 2.05) is 13.8 Å². The van der Waals surface area contributed by atoms with Gasteiger partial charge in [0.2, 0.25) is 0 Å². The van der Waals surface area contributed by atoms with Gasteiger partial charge >= 0.3 is 0 Å². The van der Waals surface area contributed by atoms with Crippen LogP contribution in [0.4, 0.5) is 0 Å². The Morgan fingerprint density at radius 2 is 2.38 bits per heavy atom. The summed E-state index contributed by atoms with van der Waals surface area (Å²) in [4.78, 5) is 0. The Bertz CT molecular complexity index is 88.5. The lowest BCUT2D eigenvalue weighted by molar-refractivity contribution is 0.0233. The minimum atomic E-state index is -0.569. The summed E-state index contributed by atoms with van der Waals surface area (Å²) in [5, 5.41) is 9.34. The number of aliphatic hydroxyl groups is 1. The first-order chi connectivity index (χ1) is 3.63. The lowest BCUT2D eigenvalue weighted by Crippen LogP contribution is -2.30. The number of rotatable bonds is 0. The fourth-order valence-electron chi connectivity index (χ4n) is 0.764. The molecular weight excluding hydrogens is 104 g/mol. The molecule has 0 unspecified atom stereocenters. The third kappa shape index (κ3) is 0.858. The minimum absolute atomic E-state index is 0.294. The topological polar surface area (TPSA) is 29.5 Å². The summed E-state index contributed by atoms with van der Waals surface area (Å²) in [5.74, 6) is 0.294. The van der Waals surface area contributed by atoms with Crippen LogP contribution in [0, 0.1) is 5.92 Å². The average molecular weight is 116 g/mol. The predicted octanol–water partition coefficient (Wildman–Crippen LogP) is 0.404. The van der Waals surface area contributed by atoms with Gasteiger partial charge in [0.25, 0.3) is 0 Å². The molecule has 0 radical (unpaired) electrons. The molecule has 0 aromatic heterocycles. The predicted molar refractivity (Wildman–Crippen MR) is 30.6 cm³/mol. The van der Waals surface area contributed by atoms with Crippen LogP contribution in [0.3, 0.4) is 0 Å². The van der Waals surface area contributed by atoms with Crippen LogP contribution < -0.4 is 0 Å². The third-order valence-electron chi connectivity index (χ3n) is 1.82. The van der Waals surface area contributed by atoms with E-state index in [1.165, 1.54) is 0 Å². The normalized spacial score (nSPS) is 47.6. The van der Waals surface area contributed by atoms with Gasteiger partial charge in [-0.2, -0.15) is 0 Å². The Labute approximate surface area is 49.5 Å². The van der Waals surface area contributed by atoms with Crippen LogP contribution in [0.1, 0.15) is 13.8 Å².